The lowest BCUT2D eigenvalue weighted by Crippen LogP contribution is -2.23. The van der Waals surface area contributed by atoms with Crippen molar-refractivity contribution in [2.45, 2.75) is 13.1 Å². The van der Waals surface area contributed by atoms with Crippen LogP contribution in [0.2, 0.25) is 0 Å². The fourth-order valence-electron chi connectivity index (χ4n) is 1.54. The topological polar surface area (TPSA) is 97.1 Å². The molecule has 20 heavy (non-hydrogen) atoms. The van der Waals surface area contributed by atoms with Gasteiger partial charge in [0.05, 0.1) is 6.20 Å². The quantitative estimate of drug-likeness (QED) is 0.826. The molecule has 1 aromatic carbocycles. The second-order valence-electron chi connectivity index (χ2n) is 4.01. The third-order valence-electron chi connectivity index (χ3n) is 2.41. The monoisotopic (exact) mass is 278 g/mol. The number of hydrogen-bond donors (Lipinski definition) is 2. The van der Waals surface area contributed by atoms with Gasteiger partial charge in [-0.3, -0.25) is 9.59 Å². The zero-order valence-electron chi connectivity index (χ0n) is 10.3. The summed E-state index contributed by atoms with van der Waals surface area (Å²) in [7, 11) is 0. The molecule has 0 atom stereocenters. The normalized spacial score (nSPS) is 10.2. The van der Waals surface area contributed by atoms with Crippen LogP contribution in [0, 0.1) is 5.82 Å². The summed E-state index contributed by atoms with van der Waals surface area (Å²) in [5.41, 5.74) is 0.610. The van der Waals surface area contributed by atoms with Gasteiger partial charge in [0.15, 0.2) is 5.69 Å². The number of nitrogens with zero attached hydrogens (tertiary/aromatic N) is 3. The van der Waals surface area contributed by atoms with Crippen LogP contribution in [0.3, 0.4) is 0 Å². The van der Waals surface area contributed by atoms with E-state index >= 15 is 0 Å². The summed E-state index contributed by atoms with van der Waals surface area (Å²) in [5, 5.41) is 18.2. The molecule has 2 rings (SSSR count). The van der Waals surface area contributed by atoms with Crippen molar-refractivity contribution in [1.82, 2.24) is 20.3 Å². The van der Waals surface area contributed by atoms with Crippen LogP contribution in [0.4, 0.5) is 4.39 Å². The second kappa shape index (κ2) is 5.91. The zero-order valence-corrected chi connectivity index (χ0v) is 10.3. The van der Waals surface area contributed by atoms with E-state index in [2.05, 4.69) is 15.6 Å². The Morgan fingerprint density at radius 1 is 1.40 bits per heavy atom. The second-order valence-corrected chi connectivity index (χ2v) is 4.01. The first-order chi connectivity index (χ1) is 9.54. The van der Waals surface area contributed by atoms with Crippen molar-refractivity contribution in [3.05, 3.63) is 47.5 Å². The Morgan fingerprint density at radius 2 is 2.20 bits per heavy atom. The van der Waals surface area contributed by atoms with Crippen molar-refractivity contribution in [1.29, 1.82) is 0 Å². The lowest BCUT2D eigenvalue weighted by Gasteiger charge is -2.02. The molecule has 0 unspecified atom stereocenters. The molecular weight excluding hydrogens is 267 g/mol. The maximum Gasteiger partial charge on any atom is 0.325 e. The third kappa shape index (κ3) is 3.61. The van der Waals surface area contributed by atoms with E-state index in [0.29, 0.717) is 5.56 Å². The third-order valence-corrected chi connectivity index (χ3v) is 2.41. The largest absolute Gasteiger partial charge is 0.480 e. The average Bonchev–Trinajstić information content (AvgIpc) is 2.84. The Kier molecular flexibility index (Phi) is 4.04. The van der Waals surface area contributed by atoms with Gasteiger partial charge in [-0.2, -0.15) is 0 Å². The minimum atomic E-state index is -1.08. The van der Waals surface area contributed by atoms with Crippen molar-refractivity contribution >= 4 is 11.9 Å². The highest BCUT2D eigenvalue weighted by Gasteiger charge is 2.11. The smallest absolute Gasteiger partial charge is 0.325 e. The first kappa shape index (κ1) is 13.7. The molecule has 2 aromatic rings. The lowest BCUT2D eigenvalue weighted by molar-refractivity contribution is -0.137. The zero-order chi connectivity index (χ0) is 14.5. The van der Waals surface area contributed by atoms with E-state index < -0.39 is 11.9 Å². The minimum Gasteiger partial charge on any atom is -0.480 e. The number of halogens is 1. The predicted molar refractivity (Wildman–Crippen MR) is 65.2 cm³/mol. The molecule has 8 heteroatoms. The fourth-order valence-corrected chi connectivity index (χ4v) is 1.54. The molecule has 1 aromatic heterocycles. The van der Waals surface area contributed by atoms with Crippen molar-refractivity contribution < 1.29 is 19.1 Å². The summed E-state index contributed by atoms with van der Waals surface area (Å²) in [5.74, 6) is -1.98. The molecule has 104 valence electrons. The van der Waals surface area contributed by atoms with Crippen LogP contribution in [-0.4, -0.2) is 32.0 Å². The van der Waals surface area contributed by atoms with Crippen LogP contribution in [-0.2, 0) is 17.9 Å². The number of carboxylic acid groups (broad SMARTS) is 1. The number of carbonyl (C=O) groups excluding carboxylic acids is 1. The number of aliphatic carboxylic acids is 1. The molecule has 7 nitrogen and oxygen atoms in total. The highest BCUT2D eigenvalue weighted by molar-refractivity contribution is 5.91. The standard InChI is InChI=1S/C12H11FN4O3/c13-9-3-1-2-8(4-9)5-14-12(20)10-6-17(16-15-10)7-11(18)19/h1-4,6H,5,7H2,(H,14,20)(H,18,19). The van der Waals surface area contributed by atoms with Gasteiger partial charge < -0.3 is 10.4 Å². The van der Waals surface area contributed by atoms with Crippen LogP contribution in [0.15, 0.2) is 30.5 Å². The van der Waals surface area contributed by atoms with E-state index in [-0.39, 0.29) is 24.6 Å². The van der Waals surface area contributed by atoms with Crippen molar-refractivity contribution in [3.8, 4) is 0 Å². The molecule has 0 radical (unpaired) electrons. The Labute approximate surface area is 113 Å². The highest BCUT2D eigenvalue weighted by Crippen LogP contribution is 2.03. The number of benzene rings is 1. The lowest BCUT2D eigenvalue weighted by atomic mass is 10.2. The Bertz CT molecular complexity index is 641. The van der Waals surface area contributed by atoms with Gasteiger partial charge in [-0.15, -0.1) is 5.10 Å². The summed E-state index contributed by atoms with van der Waals surface area (Å²) in [4.78, 5) is 22.2. The van der Waals surface area contributed by atoms with E-state index in [0.717, 1.165) is 4.68 Å². The van der Waals surface area contributed by atoms with Gasteiger partial charge in [0.25, 0.3) is 5.91 Å². The minimum absolute atomic E-state index is 0.00246. The molecule has 0 aliphatic rings. The SMILES string of the molecule is O=C(O)Cn1cc(C(=O)NCc2cccc(F)c2)nn1. The molecule has 0 spiro atoms. The number of nitrogens with one attached hydrogen (secondary N) is 1. The summed E-state index contributed by atoms with van der Waals surface area (Å²) in [6, 6.07) is 5.83. The molecule has 0 saturated carbocycles. The molecule has 0 fully saturated rings. The van der Waals surface area contributed by atoms with Gasteiger partial charge in [-0.05, 0) is 17.7 Å². The molecule has 1 heterocycles. The molecule has 1 amide bonds. The van der Waals surface area contributed by atoms with Gasteiger partial charge in [0.2, 0.25) is 0 Å². The molecule has 2 N–H and O–H groups in total. The number of hydrogen-bond acceptors (Lipinski definition) is 4. The molecule has 0 bridgehead atoms. The van der Waals surface area contributed by atoms with E-state index in [1.165, 1.54) is 18.3 Å². The predicted octanol–water partition coefficient (Wildman–Crippen LogP) is 0.432. The van der Waals surface area contributed by atoms with Crippen LogP contribution < -0.4 is 5.32 Å². The van der Waals surface area contributed by atoms with E-state index in [9.17, 15) is 14.0 Å². The maximum atomic E-state index is 12.9. The van der Waals surface area contributed by atoms with Crippen LogP contribution in [0.5, 0.6) is 0 Å². The van der Waals surface area contributed by atoms with Crippen molar-refractivity contribution in [2.75, 3.05) is 0 Å². The van der Waals surface area contributed by atoms with Crippen LogP contribution in [0.1, 0.15) is 16.1 Å². The van der Waals surface area contributed by atoms with E-state index in [4.69, 9.17) is 5.11 Å². The molecule has 0 aliphatic carbocycles. The first-order valence-electron chi connectivity index (χ1n) is 5.69. The van der Waals surface area contributed by atoms with Crippen LogP contribution >= 0.6 is 0 Å². The Morgan fingerprint density at radius 3 is 2.90 bits per heavy atom. The summed E-state index contributed by atoms with van der Waals surface area (Å²) >= 11 is 0. The van der Waals surface area contributed by atoms with Gasteiger partial charge in [-0.25, -0.2) is 9.07 Å². The molecular formula is C12H11FN4O3. The number of carbonyl (C=O) groups is 2. The number of aromatic nitrogens is 3. The van der Waals surface area contributed by atoms with E-state index in [1.54, 1.807) is 12.1 Å². The summed E-state index contributed by atoms with van der Waals surface area (Å²) in [6.07, 6.45) is 1.23. The number of amides is 1. The maximum absolute atomic E-state index is 12.9. The summed E-state index contributed by atoms with van der Waals surface area (Å²) < 4.78 is 14.0. The van der Waals surface area contributed by atoms with Gasteiger partial charge in [-0.1, -0.05) is 17.3 Å². The van der Waals surface area contributed by atoms with Crippen molar-refractivity contribution in [2.24, 2.45) is 0 Å². The molecule has 0 aliphatic heterocycles. The first-order valence-corrected chi connectivity index (χ1v) is 5.69. The van der Waals surface area contributed by atoms with Gasteiger partial charge >= 0.3 is 5.97 Å². The summed E-state index contributed by atoms with van der Waals surface area (Å²) in [6.45, 7) is -0.230. The van der Waals surface area contributed by atoms with Crippen molar-refractivity contribution in [3.63, 3.8) is 0 Å². The van der Waals surface area contributed by atoms with Gasteiger partial charge in [0.1, 0.15) is 12.4 Å². The number of rotatable bonds is 5. The Hall–Kier alpha value is -2.77. The fraction of sp³-hybridized carbons (Fsp3) is 0.167. The van der Waals surface area contributed by atoms with Gasteiger partial charge in [0, 0.05) is 6.54 Å². The van der Waals surface area contributed by atoms with E-state index in [1.807, 2.05) is 0 Å². The highest BCUT2D eigenvalue weighted by atomic mass is 19.1. The van der Waals surface area contributed by atoms with Crippen LogP contribution in [0.25, 0.3) is 0 Å². The Balaban J connectivity index is 1.95. The number of carboxylic acids is 1. The average molecular weight is 278 g/mol. The molecule has 0 saturated heterocycles.